The van der Waals surface area contributed by atoms with Crippen LogP contribution < -0.4 is 10.6 Å². The van der Waals surface area contributed by atoms with E-state index in [1.165, 1.54) is 11.5 Å². The van der Waals surface area contributed by atoms with Crippen molar-refractivity contribution in [1.29, 1.82) is 0 Å². The number of fused-ring (bicyclic) bond motifs is 1. The summed E-state index contributed by atoms with van der Waals surface area (Å²) in [5.41, 5.74) is 1.85. The molecular formula is C17H18N8S. The van der Waals surface area contributed by atoms with Gasteiger partial charge in [0.05, 0.1) is 11.7 Å². The number of aromatic nitrogens is 6. The molecule has 4 rings (SSSR count). The minimum Gasteiger partial charge on any atom is -0.370 e. The van der Waals surface area contributed by atoms with Crippen molar-refractivity contribution < 1.29 is 0 Å². The lowest BCUT2D eigenvalue weighted by Crippen LogP contribution is -2.01. The van der Waals surface area contributed by atoms with Gasteiger partial charge in [-0.25, -0.2) is 9.97 Å². The molecule has 0 aliphatic heterocycles. The smallest absolute Gasteiger partial charge is 0.208 e. The molecular weight excluding hydrogens is 348 g/mol. The van der Waals surface area contributed by atoms with E-state index in [-0.39, 0.29) is 0 Å². The monoisotopic (exact) mass is 366 g/mol. The van der Waals surface area contributed by atoms with Gasteiger partial charge in [-0.2, -0.15) is 9.36 Å². The predicted octanol–water partition coefficient (Wildman–Crippen LogP) is 3.71. The third kappa shape index (κ3) is 2.97. The number of rotatable bonds is 5. The standard InChI is InChI=1S/C17H18N8S/c1-10(2)25-7-4-11-8-12(21-9-13(11)25)14-22-17(26-24-14)23-16-15(18-3)19-5-6-20-16/h4-10H,1-3H3,(H,18,19)(H,20,22,23,24). The van der Waals surface area contributed by atoms with Crippen molar-refractivity contribution in [3.8, 4) is 11.5 Å². The third-order valence-electron chi connectivity index (χ3n) is 3.98. The van der Waals surface area contributed by atoms with Gasteiger partial charge in [0.15, 0.2) is 17.5 Å². The maximum absolute atomic E-state index is 4.54. The molecule has 132 valence electrons. The van der Waals surface area contributed by atoms with Gasteiger partial charge < -0.3 is 15.2 Å². The first-order valence-corrected chi connectivity index (χ1v) is 8.99. The van der Waals surface area contributed by atoms with Gasteiger partial charge in [0.2, 0.25) is 5.13 Å². The Bertz CT molecular complexity index is 1050. The summed E-state index contributed by atoms with van der Waals surface area (Å²) in [6.07, 6.45) is 7.21. The first kappa shape index (κ1) is 16.4. The molecule has 0 saturated heterocycles. The topological polar surface area (TPSA) is 93.4 Å². The lowest BCUT2D eigenvalue weighted by atomic mass is 10.2. The average Bonchev–Trinajstić information content (AvgIpc) is 3.28. The summed E-state index contributed by atoms with van der Waals surface area (Å²) in [5, 5.41) is 7.90. The van der Waals surface area contributed by atoms with Gasteiger partial charge in [-0.15, -0.1) is 0 Å². The number of nitrogens with zero attached hydrogens (tertiary/aromatic N) is 6. The van der Waals surface area contributed by atoms with Crippen molar-refractivity contribution in [2.45, 2.75) is 19.9 Å². The summed E-state index contributed by atoms with van der Waals surface area (Å²) in [5.74, 6) is 1.85. The minimum atomic E-state index is 0.390. The Labute approximate surface area is 154 Å². The summed E-state index contributed by atoms with van der Waals surface area (Å²) in [6, 6.07) is 4.49. The molecule has 26 heavy (non-hydrogen) atoms. The quantitative estimate of drug-likeness (QED) is 0.556. The second kappa shape index (κ2) is 6.68. The fourth-order valence-electron chi connectivity index (χ4n) is 2.72. The lowest BCUT2D eigenvalue weighted by molar-refractivity contribution is 0.622. The normalized spacial score (nSPS) is 11.2. The van der Waals surface area contributed by atoms with Gasteiger partial charge in [-0.1, -0.05) is 0 Å². The number of hydrogen-bond acceptors (Lipinski definition) is 8. The molecule has 0 bridgehead atoms. The molecule has 0 atom stereocenters. The Balaban J connectivity index is 1.62. The molecule has 8 nitrogen and oxygen atoms in total. The summed E-state index contributed by atoms with van der Waals surface area (Å²) >= 11 is 1.26. The lowest BCUT2D eigenvalue weighted by Gasteiger charge is -2.08. The molecule has 0 fully saturated rings. The highest BCUT2D eigenvalue weighted by Gasteiger charge is 2.12. The highest BCUT2D eigenvalue weighted by atomic mass is 32.1. The van der Waals surface area contributed by atoms with Crippen LogP contribution in [0.25, 0.3) is 22.4 Å². The van der Waals surface area contributed by atoms with Gasteiger partial charge in [-0.3, -0.25) is 4.98 Å². The van der Waals surface area contributed by atoms with Crippen LogP contribution in [0.4, 0.5) is 16.8 Å². The van der Waals surface area contributed by atoms with Crippen LogP contribution in [0.5, 0.6) is 0 Å². The van der Waals surface area contributed by atoms with Crippen LogP contribution in [0.15, 0.2) is 36.9 Å². The van der Waals surface area contributed by atoms with Crippen LogP contribution in [0, 0.1) is 0 Å². The van der Waals surface area contributed by atoms with E-state index >= 15 is 0 Å². The maximum Gasteiger partial charge on any atom is 0.208 e. The number of nitrogens with one attached hydrogen (secondary N) is 2. The van der Waals surface area contributed by atoms with Crippen LogP contribution in [0.3, 0.4) is 0 Å². The molecule has 2 N–H and O–H groups in total. The minimum absolute atomic E-state index is 0.390. The fraction of sp³-hybridized carbons (Fsp3) is 0.235. The summed E-state index contributed by atoms with van der Waals surface area (Å²) in [7, 11) is 1.79. The highest BCUT2D eigenvalue weighted by Crippen LogP contribution is 2.27. The molecule has 9 heteroatoms. The second-order valence-electron chi connectivity index (χ2n) is 6.00. The summed E-state index contributed by atoms with van der Waals surface area (Å²) in [6.45, 7) is 4.30. The van der Waals surface area contributed by atoms with E-state index in [4.69, 9.17) is 0 Å². The molecule has 0 aliphatic rings. The Morgan fingerprint density at radius 3 is 2.69 bits per heavy atom. The summed E-state index contributed by atoms with van der Waals surface area (Å²) < 4.78 is 6.61. The number of hydrogen-bond donors (Lipinski definition) is 2. The van der Waals surface area contributed by atoms with Gasteiger partial charge in [-0.05, 0) is 26.0 Å². The van der Waals surface area contributed by atoms with Gasteiger partial charge >= 0.3 is 0 Å². The SMILES string of the molecule is CNc1nccnc1Nc1nc(-c2cc3ccn(C(C)C)c3cn2)ns1. The molecule has 4 aromatic heterocycles. The van der Waals surface area contributed by atoms with E-state index in [2.05, 4.69) is 65.6 Å². The zero-order valence-corrected chi connectivity index (χ0v) is 15.4. The molecule has 0 aromatic carbocycles. The number of anilines is 3. The molecule has 0 aliphatic carbocycles. The van der Waals surface area contributed by atoms with Crippen molar-refractivity contribution in [2.24, 2.45) is 0 Å². The van der Waals surface area contributed by atoms with E-state index in [0.29, 0.717) is 28.6 Å². The molecule has 0 spiro atoms. The zero-order valence-electron chi connectivity index (χ0n) is 14.6. The Morgan fingerprint density at radius 2 is 1.92 bits per heavy atom. The van der Waals surface area contributed by atoms with E-state index < -0.39 is 0 Å². The Kier molecular flexibility index (Phi) is 4.21. The fourth-order valence-corrected chi connectivity index (χ4v) is 3.30. The Morgan fingerprint density at radius 1 is 1.12 bits per heavy atom. The van der Waals surface area contributed by atoms with Crippen LogP contribution in [-0.4, -0.2) is 35.9 Å². The maximum atomic E-state index is 4.54. The zero-order chi connectivity index (χ0) is 18.1. The van der Waals surface area contributed by atoms with Gasteiger partial charge in [0, 0.05) is 48.6 Å². The van der Waals surface area contributed by atoms with E-state index in [1.807, 2.05) is 12.3 Å². The van der Waals surface area contributed by atoms with Crippen LogP contribution in [0.1, 0.15) is 19.9 Å². The van der Waals surface area contributed by atoms with Crippen molar-refractivity contribution in [2.75, 3.05) is 17.7 Å². The largest absolute Gasteiger partial charge is 0.370 e. The van der Waals surface area contributed by atoms with E-state index in [1.54, 1.807) is 19.4 Å². The average molecular weight is 366 g/mol. The van der Waals surface area contributed by atoms with Crippen molar-refractivity contribution in [3.63, 3.8) is 0 Å². The first-order valence-electron chi connectivity index (χ1n) is 8.22. The Hall–Kier alpha value is -3.07. The molecule has 4 heterocycles. The van der Waals surface area contributed by atoms with Crippen LogP contribution >= 0.6 is 11.5 Å². The van der Waals surface area contributed by atoms with E-state index in [0.717, 1.165) is 16.6 Å². The van der Waals surface area contributed by atoms with Crippen molar-refractivity contribution in [3.05, 3.63) is 36.9 Å². The van der Waals surface area contributed by atoms with Crippen LogP contribution in [0.2, 0.25) is 0 Å². The molecule has 0 amide bonds. The molecule has 0 saturated carbocycles. The number of pyridine rings is 1. The van der Waals surface area contributed by atoms with Crippen molar-refractivity contribution >= 4 is 39.2 Å². The molecule has 4 aromatic rings. The predicted molar refractivity (Wildman–Crippen MR) is 104 cm³/mol. The van der Waals surface area contributed by atoms with Gasteiger partial charge in [0.25, 0.3) is 0 Å². The first-order chi connectivity index (χ1) is 12.7. The van der Waals surface area contributed by atoms with Gasteiger partial charge in [0.1, 0.15) is 5.69 Å². The van der Waals surface area contributed by atoms with E-state index in [9.17, 15) is 0 Å². The molecule has 0 unspecified atom stereocenters. The third-order valence-corrected chi connectivity index (χ3v) is 4.61. The molecule has 0 radical (unpaired) electrons. The van der Waals surface area contributed by atoms with Crippen LogP contribution in [-0.2, 0) is 0 Å². The van der Waals surface area contributed by atoms with Crippen molar-refractivity contribution in [1.82, 2.24) is 28.9 Å². The second-order valence-corrected chi connectivity index (χ2v) is 6.75. The highest BCUT2D eigenvalue weighted by molar-refractivity contribution is 7.09. The summed E-state index contributed by atoms with van der Waals surface area (Å²) in [4.78, 5) is 17.6.